The van der Waals surface area contributed by atoms with Gasteiger partial charge in [-0.25, -0.2) is 0 Å². The number of nitrogens with zero attached hydrogens (tertiary/aromatic N) is 1. The fourth-order valence-electron chi connectivity index (χ4n) is 6.03. The van der Waals surface area contributed by atoms with E-state index >= 15 is 0 Å². The molecular weight excluding hydrogens is 516 g/mol. The number of aromatic nitrogens is 1. The Balaban J connectivity index is 1.59. The minimum absolute atomic E-state index is 0.0343. The largest absolute Gasteiger partial charge is 0.497 e. The van der Waals surface area contributed by atoms with Crippen LogP contribution in [0.2, 0.25) is 0 Å². The highest BCUT2D eigenvalue weighted by molar-refractivity contribution is 9.10. The van der Waals surface area contributed by atoms with Gasteiger partial charge in [0.2, 0.25) is 0 Å². The lowest BCUT2D eigenvalue weighted by Crippen LogP contribution is -2.16. The minimum Gasteiger partial charge on any atom is -0.497 e. The van der Waals surface area contributed by atoms with Crippen LogP contribution in [0.5, 0.6) is 5.75 Å². The number of carbonyl (C=O) groups is 1. The van der Waals surface area contributed by atoms with E-state index in [1.807, 2.05) is 6.07 Å². The number of ether oxygens (including phenoxy) is 2. The number of benzene rings is 3. The van der Waals surface area contributed by atoms with E-state index in [0.717, 1.165) is 84.3 Å². The Bertz CT molecular complexity index is 1500. The van der Waals surface area contributed by atoms with Crippen LogP contribution in [0.15, 0.2) is 40.9 Å². The molecule has 6 rings (SSSR count). The van der Waals surface area contributed by atoms with Crippen molar-refractivity contribution in [2.45, 2.75) is 52.1 Å². The van der Waals surface area contributed by atoms with Gasteiger partial charge in [-0.15, -0.1) is 0 Å². The zero-order chi connectivity index (χ0) is 24.8. The maximum atomic E-state index is 13.3. The van der Waals surface area contributed by atoms with Gasteiger partial charge in [-0.3, -0.25) is 4.79 Å². The zero-order valence-electron chi connectivity index (χ0n) is 20.9. The van der Waals surface area contributed by atoms with Crippen LogP contribution in [0.1, 0.15) is 53.2 Å². The summed E-state index contributed by atoms with van der Waals surface area (Å²) in [5.41, 5.74) is 9.28. The normalized spacial score (nSPS) is 14.1. The first-order valence-electron chi connectivity index (χ1n) is 12.9. The van der Waals surface area contributed by atoms with Crippen molar-refractivity contribution in [3.63, 3.8) is 0 Å². The van der Waals surface area contributed by atoms with Gasteiger partial charge in [0.1, 0.15) is 5.75 Å². The summed E-state index contributed by atoms with van der Waals surface area (Å²) in [4.78, 5) is 13.3. The van der Waals surface area contributed by atoms with E-state index in [4.69, 9.17) is 9.47 Å². The lowest BCUT2D eigenvalue weighted by molar-refractivity contribution is 0.0966. The van der Waals surface area contributed by atoms with Crippen LogP contribution in [-0.4, -0.2) is 30.8 Å². The average molecular weight is 547 g/mol. The predicted octanol–water partition coefficient (Wildman–Crippen LogP) is 6.78. The number of fused-ring (bicyclic) bond motifs is 10. The van der Waals surface area contributed by atoms with E-state index in [0.29, 0.717) is 6.54 Å². The number of amides is 1. The van der Waals surface area contributed by atoms with Crippen molar-refractivity contribution in [3.8, 4) is 16.9 Å². The zero-order valence-corrected chi connectivity index (χ0v) is 22.5. The molecule has 1 aromatic heterocycles. The van der Waals surface area contributed by atoms with Crippen molar-refractivity contribution in [1.82, 2.24) is 9.88 Å². The van der Waals surface area contributed by atoms with Gasteiger partial charge in [0.15, 0.2) is 0 Å². The van der Waals surface area contributed by atoms with Crippen LogP contribution in [-0.2, 0) is 30.7 Å². The van der Waals surface area contributed by atoms with Crippen molar-refractivity contribution >= 4 is 43.6 Å². The second-order valence-electron chi connectivity index (χ2n) is 9.77. The molecule has 2 aliphatic rings. The summed E-state index contributed by atoms with van der Waals surface area (Å²) >= 11 is 3.69. The molecule has 1 amide bonds. The lowest BCUT2D eigenvalue weighted by Gasteiger charge is -2.25. The number of hydrogen-bond donors (Lipinski definition) is 1. The van der Waals surface area contributed by atoms with Crippen molar-refractivity contribution in [3.05, 3.63) is 63.1 Å². The molecule has 0 atom stereocenters. The number of halogens is 1. The molecule has 2 heterocycles. The highest BCUT2D eigenvalue weighted by Gasteiger charge is 2.34. The first-order chi connectivity index (χ1) is 17.6. The lowest BCUT2D eigenvalue weighted by atomic mass is 9.80. The standard InChI is InChI=1S/C30H31BrN2O3/c1-3-4-13-36-14-5-12-33-25-11-7-19(31)16-23(25)27-24-17-32-30(34)28(24)26-21-10-8-20(35-2)15-18(21)6-9-22(26)29(27)33/h7-8,10-11,15-16H,3-6,9,12-14,17H2,1-2H3,(H,32,34). The highest BCUT2D eigenvalue weighted by Crippen LogP contribution is 2.47. The maximum Gasteiger partial charge on any atom is 0.252 e. The van der Waals surface area contributed by atoms with Gasteiger partial charge in [-0.1, -0.05) is 35.3 Å². The Morgan fingerprint density at radius 3 is 2.72 bits per heavy atom. The first-order valence-corrected chi connectivity index (χ1v) is 13.7. The van der Waals surface area contributed by atoms with Gasteiger partial charge in [0.25, 0.3) is 5.91 Å². The highest BCUT2D eigenvalue weighted by atomic mass is 79.9. The van der Waals surface area contributed by atoms with Gasteiger partial charge >= 0.3 is 0 Å². The minimum atomic E-state index is 0.0343. The molecule has 1 N–H and O–H groups in total. The van der Waals surface area contributed by atoms with Crippen molar-refractivity contribution in [1.29, 1.82) is 0 Å². The summed E-state index contributed by atoms with van der Waals surface area (Å²) in [7, 11) is 1.70. The van der Waals surface area contributed by atoms with Crippen molar-refractivity contribution in [2.75, 3.05) is 20.3 Å². The monoisotopic (exact) mass is 546 g/mol. The van der Waals surface area contributed by atoms with E-state index < -0.39 is 0 Å². The Kier molecular flexibility index (Phi) is 6.26. The molecule has 5 nitrogen and oxygen atoms in total. The second kappa shape index (κ2) is 9.56. The fourth-order valence-corrected chi connectivity index (χ4v) is 6.39. The Labute approximate surface area is 219 Å². The summed E-state index contributed by atoms with van der Waals surface area (Å²) in [5, 5.41) is 5.57. The van der Waals surface area contributed by atoms with E-state index in [9.17, 15) is 4.79 Å². The summed E-state index contributed by atoms with van der Waals surface area (Å²) in [6, 6.07) is 12.8. The molecule has 4 aromatic rings. The Hall–Kier alpha value is -2.83. The van der Waals surface area contributed by atoms with Crippen LogP contribution in [0.4, 0.5) is 0 Å². The first kappa shape index (κ1) is 23.6. The number of nitrogens with one attached hydrogen (secondary N) is 1. The topological polar surface area (TPSA) is 52.5 Å². The van der Waals surface area contributed by atoms with Crippen LogP contribution in [0.25, 0.3) is 32.9 Å². The quantitative estimate of drug-likeness (QED) is 0.248. The molecule has 1 aliphatic carbocycles. The number of methoxy groups -OCH3 is 1. The third kappa shape index (κ3) is 3.73. The molecule has 0 saturated heterocycles. The molecule has 0 unspecified atom stereocenters. The number of hydrogen-bond acceptors (Lipinski definition) is 3. The van der Waals surface area contributed by atoms with Crippen molar-refractivity contribution in [2.24, 2.45) is 0 Å². The van der Waals surface area contributed by atoms with E-state index in [1.54, 1.807) is 7.11 Å². The number of unbranched alkanes of at least 4 members (excludes halogenated alkanes) is 1. The number of carbonyl (C=O) groups excluding carboxylic acids is 1. The third-order valence-corrected chi connectivity index (χ3v) is 8.15. The third-order valence-electron chi connectivity index (χ3n) is 7.66. The van der Waals surface area contributed by atoms with Gasteiger partial charge in [0.05, 0.1) is 18.2 Å². The molecule has 186 valence electrons. The van der Waals surface area contributed by atoms with Gasteiger partial charge in [0, 0.05) is 52.6 Å². The van der Waals surface area contributed by atoms with Crippen LogP contribution < -0.4 is 10.1 Å². The number of rotatable bonds is 8. The Morgan fingerprint density at radius 1 is 1.03 bits per heavy atom. The smallest absolute Gasteiger partial charge is 0.252 e. The van der Waals surface area contributed by atoms with Gasteiger partial charge in [-0.05, 0) is 78.3 Å². The van der Waals surface area contributed by atoms with Crippen LogP contribution in [0, 0.1) is 0 Å². The molecule has 0 bridgehead atoms. The van der Waals surface area contributed by atoms with E-state index in [-0.39, 0.29) is 5.91 Å². The summed E-state index contributed by atoms with van der Waals surface area (Å²) < 4.78 is 14.9. The molecule has 1 aliphatic heterocycles. The molecule has 0 spiro atoms. The summed E-state index contributed by atoms with van der Waals surface area (Å²) in [6.07, 6.45) is 5.04. The molecule has 0 fully saturated rings. The van der Waals surface area contributed by atoms with Crippen LogP contribution >= 0.6 is 15.9 Å². The van der Waals surface area contributed by atoms with E-state index in [1.165, 1.54) is 32.9 Å². The molecule has 6 heteroatoms. The molecule has 0 saturated carbocycles. The predicted molar refractivity (Wildman–Crippen MR) is 148 cm³/mol. The Morgan fingerprint density at radius 2 is 1.89 bits per heavy atom. The van der Waals surface area contributed by atoms with Crippen LogP contribution in [0.3, 0.4) is 0 Å². The van der Waals surface area contributed by atoms with E-state index in [2.05, 4.69) is 63.1 Å². The maximum absolute atomic E-state index is 13.3. The van der Waals surface area contributed by atoms with Crippen molar-refractivity contribution < 1.29 is 14.3 Å². The summed E-state index contributed by atoms with van der Waals surface area (Å²) in [6.45, 7) is 5.22. The SMILES string of the molecule is CCCCOCCCn1c2ccc(Br)cc2c2c3c(c4c(c21)CCc1cc(OC)ccc1-4)C(=O)NC3. The molecule has 3 aromatic carbocycles. The second-order valence-corrected chi connectivity index (χ2v) is 10.7. The summed E-state index contributed by atoms with van der Waals surface area (Å²) in [5.74, 6) is 0.897. The molecular formula is C30H31BrN2O3. The molecule has 0 radical (unpaired) electrons. The molecule has 36 heavy (non-hydrogen) atoms. The van der Waals surface area contributed by atoms with Gasteiger partial charge < -0.3 is 19.4 Å². The van der Waals surface area contributed by atoms with Gasteiger partial charge in [-0.2, -0.15) is 0 Å². The average Bonchev–Trinajstić information content (AvgIpc) is 3.43. The number of aryl methyl sites for hydroxylation is 3. The fraction of sp³-hybridized carbons (Fsp3) is 0.367.